The first kappa shape index (κ1) is 12.1. The third-order valence-electron chi connectivity index (χ3n) is 2.08. The Hall–Kier alpha value is -1.33. The fourth-order valence-corrected chi connectivity index (χ4v) is 2.00. The highest BCUT2D eigenvalue weighted by Gasteiger charge is 2.03. The molecule has 0 aliphatic rings. The summed E-state index contributed by atoms with van der Waals surface area (Å²) in [6.45, 7) is 0. The van der Waals surface area contributed by atoms with Crippen molar-refractivity contribution in [3.63, 3.8) is 0 Å². The molecule has 1 heterocycles. The van der Waals surface area contributed by atoms with E-state index in [0.717, 1.165) is 10.2 Å². The molecule has 2 rings (SSSR count). The summed E-state index contributed by atoms with van der Waals surface area (Å²) in [5, 5.41) is 6.65. The predicted octanol–water partition coefficient (Wildman–Crippen LogP) is 3.68. The molecule has 4 nitrogen and oxygen atoms in total. The Morgan fingerprint density at radius 1 is 1.24 bits per heavy atom. The first-order chi connectivity index (χ1) is 8.19. The fraction of sp³-hybridized carbons (Fsp3) is 0.0909. The molecule has 0 unspecified atom stereocenters. The molecule has 6 heteroatoms. The Bertz CT molecular complexity index is 533. The van der Waals surface area contributed by atoms with Gasteiger partial charge >= 0.3 is 0 Å². The number of rotatable bonds is 3. The molecule has 0 atom stereocenters. The van der Waals surface area contributed by atoms with Crippen LogP contribution in [0.15, 0.2) is 35.1 Å². The second-order valence-corrected chi connectivity index (χ2v) is 4.61. The van der Waals surface area contributed by atoms with Crippen LogP contribution in [0.25, 0.3) is 0 Å². The van der Waals surface area contributed by atoms with Crippen LogP contribution in [-0.4, -0.2) is 17.0 Å². The van der Waals surface area contributed by atoms with E-state index in [2.05, 4.69) is 36.5 Å². The van der Waals surface area contributed by atoms with Gasteiger partial charge in [-0.3, -0.25) is 4.98 Å². The minimum Gasteiger partial charge on any atom is -0.372 e. The molecule has 0 radical (unpaired) electrons. The number of nitrogens with one attached hydrogen (secondary N) is 2. The highest BCUT2D eigenvalue weighted by atomic mass is 79.9. The summed E-state index contributed by atoms with van der Waals surface area (Å²) in [6, 6.07) is 5.60. The van der Waals surface area contributed by atoms with Gasteiger partial charge in [0.1, 0.15) is 5.82 Å². The van der Waals surface area contributed by atoms with E-state index in [1.165, 1.54) is 0 Å². The van der Waals surface area contributed by atoms with Crippen molar-refractivity contribution >= 4 is 44.9 Å². The maximum atomic E-state index is 6.10. The monoisotopic (exact) mass is 312 g/mol. The molecule has 1 aromatic heterocycles. The highest BCUT2D eigenvalue weighted by molar-refractivity contribution is 9.10. The number of halogens is 2. The molecule has 17 heavy (non-hydrogen) atoms. The van der Waals surface area contributed by atoms with Crippen LogP contribution < -0.4 is 10.6 Å². The lowest BCUT2D eigenvalue weighted by Gasteiger charge is -2.08. The predicted molar refractivity (Wildman–Crippen MR) is 74.0 cm³/mol. The topological polar surface area (TPSA) is 49.8 Å². The van der Waals surface area contributed by atoms with Crippen molar-refractivity contribution in [1.29, 1.82) is 0 Å². The molecule has 0 bridgehead atoms. The number of hydrogen-bond acceptors (Lipinski definition) is 4. The minimum absolute atomic E-state index is 0.621. The van der Waals surface area contributed by atoms with E-state index >= 15 is 0 Å². The first-order valence-corrected chi connectivity index (χ1v) is 6.08. The average Bonchev–Trinajstić information content (AvgIpc) is 2.33. The smallest absolute Gasteiger partial charge is 0.151 e. The molecular formula is C11H10BrClN4. The van der Waals surface area contributed by atoms with E-state index in [1.54, 1.807) is 19.4 Å². The number of aromatic nitrogens is 2. The minimum atomic E-state index is 0.621. The Balaban J connectivity index is 2.25. The summed E-state index contributed by atoms with van der Waals surface area (Å²) in [4.78, 5) is 8.35. The van der Waals surface area contributed by atoms with Crippen molar-refractivity contribution in [2.75, 3.05) is 17.7 Å². The van der Waals surface area contributed by atoms with Crippen LogP contribution in [0.2, 0.25) is 5.02 Å². The average molecular weight is 314 g/mol. The van der Waals surface area contributed by atoms with Gasteiger partial charge in [0.15, 0.2) is 5.82 Å². The van der Waals surface area contributed by atoms with Crippen LogP contribution >= 0.6 is 27.5 Å². The van der Waals surface area contributed by atoms with Crippen LogP contribution in [0, 0.1) is 0 Å². The molecule has 0 saturated carbocycles. The van der Waals surface area contributed by atoms with Gasteiger partial charge in [0, 0.05) is 11.5 Å². The second kappa shape index (κ2) is 5.33. The SMILES string of the molecule is CNc1cncc(Nc2ccc(Br)cc2Cl)n1. The van der Waals surface area contributed by atoms with Crippen LogP contribution in [0.4, 0.5) is 17.3 Å². The zero-order valence-electron chi connectivity index (χ0n) is 9.04. The van der Waals surface area contributed by atoms with Crippen molar-refractivity contribution in [3.05, 3.63) is 40.1 Å². The second-order valence-electron chi connectivity index (χ2n) is 3.29. The highest BCUT2D eigenvalue weighted by Crippen LogP contribution is 2.27. The van der Waals surface area contributed by atoms with Crippen LogP contribution in [0.5, 0.6) is 0 Å². The number of hydrogen-bond donors (Lipinski definition) is 2. The molecule has 1 aromatic carbocycles. The van der Waals surface area contributed by atoms with E-state index < -0.39 is 0 Å². The van der Waals surface area contributed by atoms with Crippen molar-refractivity contribution < 1.29 is 0 Å². The summed E-state index contributed by atoms with van der Waals surface area (Å²) in [6.07, 6.45) is 3.29. The number of benzene rings is 1. The van der Waals surface area contributed by atoms with Crippen molar-refractivity contribution in [2.45, 2.75) is 0 Å². The van der Waals surface area contributed by atoms with Crippen molar-refractivity contribution in [1.82, 2.24) is 9.97 Å². The molecule has 0 aliphatic carbocycles. The maximum absolute atomic E-state index is 6.10. The quantitative estimate of drug-likeness (QED) is 0.907. The zero-order chi connectivity index (χ0) is 12.3. The van der Waals surface area contributed by atoms with Gasteiger partial charge in [-0.1, -0.05) is 27.5 Å². The normalized spacial score (nSPS) is 10.1. The summed E-state index contributed by atoms with van der Waals surface area (Å²) in [5.74, 6) is 1.34. The summed E-state index contributed by atoms with van der Waals surface area (Å²) >= 11 is 9.45. The van der Waals surface area contributed by atoms with E-state index in [-0.39, 0.29) is 0 Å². The molecule has 2 aromatic rings. The van der Waals surface area contributed by atoms with Crippen LogP contribution in [-0.2, 0) is 0 Å². The molecule has 0 spiro atoms. The maximum Gasteiger partial charge on any atom is 0.151 e. The van der Waals surface area contributed by atoms with Gasteiger partial charge in [-0.25, -0.2) is 4.98 Å². The standard InChI is InChI=1S/C11H10BrClN4/c1-14-10-5-15-6-11(17-10)16-9-3-2-7(12)4-8(9)13/h2-6H,1H3,(H2,14,16,17). The lowest BCUT2D eigenvalue weighted by Crippen LogP contribution is -1.99. The van der Waals surface area contributed by atoms with E-state index in [4.69, 9.17) is 11.6 Å². The lowest BCUT2D eigenvalue weighted by molar-refractivity contribution is 1.18. The first-order valence-electron chi connectivity index (χ1n) is 4.91. The molecule has 88 valence electrons. The van der Waals surface area contributed by atoms with Crippen LogP contribution in [0.3, 0.4) is 0 Å². The Morgan fingerprint density at radius 2 is 2.00 bits per heavy atom. The zero-order valence-corrected chi connectivity index (χ0v) is 11.4. The van der Waals surface area contributed by atoms with Gasteiger partial charge in [0.2, 0.25) is 0 Å². The Morgan fingerprint density at radius 3 is 2.71 bits per heavy atom. The molecule has 2 N–H and O–H groups in total. The number of anilines is 3. The summed E-state index contributed by atoms with van der Waals surface area (Å²) in [5.41, 5.74) is 0.789. The molecule has 0 aliphatic heterocycles. The lowest BCUT2D eigenvalue weighted by atomic mass is 10.3. The van der Waals surface area contributed by atoms with E-state index in [9.17, 15) is 0 Å². The summed E-state index contributed by atoms with van der Waals surface area (Å²) < 4.78 is 0.933. The fourth-order valence-electron chi connectivity index (χ4n) is 1.28. The molecule has 0 saturated heterocycles. The summed E-state index contributed by atoms with van der Waals surface area (Å²) in [7, 11) is 1.79. The van der Waals surface area contributed by atoms with Crippen molar-refractivity contribution in [3.8, 4) is 0 Å². The largest absolute Gasteiger partial charge is 0.372 e. The van der Waals surface area contributed by atoms with Crippen molar-refractivity contribution in [2.24, 2.45) is 0 Å². The molecular weight excluding hydrogens is 304 g/mol. The number of nitrogens with zero attached hydrogens (tertiary/aromatic N) is 2. The third-order valence-corrected chi connectivity index (χ3v) is 2.89. The van der Waals surface area contributed by atoms with Gasteiger partial charge in [-0.15, -0.1) is 0 Å². The van der Waals surface area contributed by atoms with Gasteiger partial charge in [-0.2, -0.15) is 0 Å². The van der Waals surface area contributed by atoms with Gasteiger partial charge in [-0.05, 0) is 18.2 Å². The van der Waals surface area contributed by atoms with Crippen LogP contribution in [0.1, 0.15) is 0 Å². The van der Waals surface area contributed by atoms with Gasteiger partial charge in [0.05, 0.1) is 23.1 Å². The third kappa shape index (κ3) is 3.08. The van der Waals surface area contributed by atoms with E-state index in [1.807, 2.05) is 18.2 Å². The van der Waals surface area contributed by atoms with E-state index in [0.29, 0.717) is 16.7 Å². The van der Waals surface area contributed by atoms with Gasteiger partial charge in [0.25, 0.3) is 0 Å². The molecule has 0 fully saturated rings. The van der Waals surface area contributed by atoms with Gasteiger partial charge < -0.3 is 10.6 Å². The Labute approximate surface area is 113 Å². The Kier molecular flexibility index (Phi) is 3.81. The molecule has 0 amide bonds.